The third-order valence-corrected chi connectivity index (χ3v) is 7.25. The molecule has 1 N–H and O–H groups in total. The van der Waals surface area contributed by atoms with E-state index in [0.29, 0.717) is 28.7 Å². The van der Waals surface area contributed by atoms with Crippen LogP contribution in [-0.4, -0.2) is 44.6 Å². The summed E-state index contributed by atoms with van der Waals surface area (Å²) in [6, 6.07) is 11.1. The fourth-order valence-electron chi connectivity index (χ4n) is 3.33. The molecule has 2 heterocycles. The van der Waals surface area contributed by atoms with Crippen LogP contribution in [0.3, 0.4) is 0 Å². The van der Waals surface area contributed by atoms with E-state index >= 15 is 0 Å². The van der Waals surface area contributed by atoms with Crippen molar-refractivity contribution in [2.24, 2.45) is 0 Å². The average molecular weight is 461 g/mol. The summed E-state index contributed by atoms with van der Waals surface area (Å²) < 4.78 is 21.1. The van der Waals surface area contributed by atoms with Gasteiger partial charge in [-0.2, -0.15) is 0 Å². The number of amides is 2. The third kappa shape index (κ3) is 4.13. The van der Waals surface area contributed by atoms with E-state index < -0.39 is 12.1 Å². The minimum Gasteiger partial charge on any atom is -0.497 e. The number of ether oxygens (including phenoxy) is 4. The van der Waals surface area contributed by atoms with Gasteiger partial charge in [0.2, 0.25) is 0 Å². The van der Waals surface area contributed by atoms with Gasteiger partial charge in [0.05, 0.1) is 32.3 Å². The zero-order valence-electron chi connectivity index (χ0n) is 17.0. The van der Waals surface area contributed by atoms with Crippen LogP contribution in [-0.2, 0) is 4.79 Å². The molecule has 0 aliphatic carbocycles. The number of hydrogen-bond donors (Lipinski definition) is 1. The van der Waals surface area contributed by atoms with E-state index in [1.165, 1.54) is 28.7 Å². The second-order valence-corrected chi connectivity index (χ2v) is 8.84. The fourth-order valence-corrected chi connectivity index (χ4v) is 5.96. The lowest BCUT2D eigenvalue weighted by molar-refractivity contribution is -0.118. The summed E-state index contributed by atoms with van der Waals surface area (Å²) in [7, 11) is 7.67. The maximum Gasteiger partial charge on any atom is 0.413 e. The molecule has 0 saturated carbocycles. The van der Waals surface area contributed by atoms with E-state index in [1.807, 2.05) is 5.41 Å². The summed E-state index contributed by atoms with van der Waals surface area (Å²) in [6.07, 6.45) is -0.705. The smallest absolute Gasteiger partial charge is 0.413 e. The van der Waals surface area contributed by atoms with Crippen molar-refractivity contribution in [1.82, 2.24) is 5.32 Å². The first kappa shape index (κ1) is 21.3. The molecule has 8 nitrogen and oxygen atoms in total. The lowest BCUT2D eigenvalue weighted by Gasteiger charge is -2.21. The summed E-state index contributed by atoms with van der Waals surface area (Å²) in [4.78, 5) is 27.4. The van der Waals surface area contributed by atoms with Gasteiger partial charge in [-0.25, -0.2) is 4.79 Å². The maximum atomic E-state index is 13.3. The molecule has 2 atom stereocenters. The van der Waals surface area contributed by atoms with Gasteiger partial charge in [0, 0.05) is 17.2 Å². The molecule has 2 aromatic rings. The molecular weight excluding hydrogens is 440 g/mol. The van der Waals surface area contributed by atoms with Crippen molar-refractivity contribution in [2.75, 3.05) is 26.2 Å². The largest absolute Gasteiger partial charge is 0.497 e. The van der Waals surface area contributed by atoms with Crippen LogP contribution < -0.4 is 29.2 Å². The van der Waals surface area contributed by atoms with Crippen LogP contribution in [0, 0.1) is 0 Å². The van der Waals surface area contributed by atoms with Crippen LogP contribution in [0.15, 0.2) is 53.6 Å². The second-order valence-electron chi connectivity index (χ2n) is 6.55. The summed E-state index contributed by atoms with van der Waals surface area (Å²) in [5, 5.41) is 4.38. The van der Waals surface area contributed by atoms with Crippen molar-refractivity contribution in [3.63, 3.8) is 0 Å². The number of nitrogens with zero attached hydrogens (tertiary/aromatic N) is 1. The van der Waals surface area contributed by atoms with Crippen molar-refractivity contribution < 1.29 is 28.5 Å². The molecular formula is C21H20N2O6S2. The minimum atomic E-state index is -0.774. The van der Waals surface area contributed by atoms with Gasteiger partial charge < -0.3 is 24.3 Å². The van der Waals surface area contributed by atoms with E-state index in [4.69, 9.17) is 18.9 Å². The zero-order chi connectivity index (χ0) is 22.0. The summed E-state index contributed by atoms with van der Waals surface area (Å²) in [5.41, 5.74) is 1.37. The van der Waals surface area contributed by atoms with E-state index in [9.17, 15) is 9.59 Å². The fraction of sp³-hybridized carbons (Fsp3) is 0.238. The Balaban J connectivity index is 1.54. The lowest BCUT2D eigenvalue weighted by Crippen LogP contribution is -2.46. The molecule has 2 amide bonds. The monoisotopic (exact) mass is 460 g/mol. The number of fused-ring (bicyclic) bond motifs is 1. The van der Waals surface area contributed by atoms with Crippen LogP contribution >= 0.6 is 21.6 Å². The van der Waals surface area contributed by atoms with Crippen LogP contribution in [0.4, 0.5) is 10.5 Å². The Labute approximate surface area is 187 Å². The predicted molar refractivity (Wildman–Crippen MR) is 120 cm³/mol. The molecule has 162 valence electrons. The summed E-state index contributed by atoms with van der Waals surface area (Å²) in [6.45, 7) is 0. The van der Waals surface area contributed by atoms with E-state index in [1.54, 1.807) is 61.6 Å². The van der Waals surface area contributed by atoms with Crippen LogP contribution in [0.1, 0.15) is 0 Å². The maximum absolute atomic E-state index is 13.3. The molecule has 1 saturated heterocycles. The third-order valence-electron chi connectivity index (χ3n) is 4.84. The van der Waals surface area contributed by atoms with Crippen LogP contribution in [0.25, 0.3) is 0 Å². The van der Waals surface area contributed by atoms with Crippen molar-refractivity contribution in [2.45, 2.75) is 11.3 Å². The van der Waals surface area contributed by atoms with E-state index in [-0.39, 0.29) is 11.2 Å². The normalized spacial score (nSPS) is 19.5. The molecule has 0 bridgehead atoms. The van der Waals surface area contributed by atoms with Crippen LogP contribution in [0.2, 0.25) is 0 Å². The lowest BCUT2D eigenvalue weighted by atomic mass is 10.2. The highest BCUT2D eigenvalue weighted by Gasteiger charge is 2.49. The molecule has 4 rings (SSSR count). The van der Waals surface area contributed by atoms with Crippen molar-refractivity contribution in [1.29, 1.82) is 0 Å². The number of rotatable bonds is 6. The quantitative estimate of drug-likeness (QED) is 0.651. The number of carbonyl (C=O) groups is 2. The molecule has 10 heteroatoms. The minimum absolute atomic E-state index is 0.243. The topological polar surface area (TPSA) is 86.3 Å². The Hall–Kier alpha value is -2.98. The van der Waals surface area contributed by atoms with Gasteiger partial charge >= 0.3 is 6.09 Å². The van der Waals surface area contributed by atoms with Gasteiger partial charge in [-0.15, -0.1) is 0 Å². The second kappa shape index (κ2) is 9.03. The van der Waals surface area contributed by atoms with Gasteiger partial charge in [-0.1, -0.05) is 21.6 Å². The zero-order valence-corrected chi connectivity index (χ0v) is 18.6. The van der Waals surface area contributed by atoms with Crippen molar-refractivity contribution >= 4 is 39.3 Å². The van der Waals surface area contributed by atoms with Crippen LogP contribution in [0.5, 0.6) is 23.0 Å². The Morgan fingerprint density at radius 1 is 0.968 bits per heavy atom. The number of methoxy groups -OCH3 is 3. The number of hydrogen-bond acceptors (Lipinski definition) is 8. The molecule has 31 heavy (non-hydrogen) atoms. The highest BCUT2D eigenvalue weighted by Crippen LogP contribution is 2.50. The Morgan fingerprint density at radius 2 is 1.65 bits per heavy atom. The first-order valence-electron chi connectivity index (χ1n) is 9.26. The molecule has 2 aromatic carbocycles. The Kier molecular flexibility index (Phi) is 6.19. The molecule has 1 fully saturated rings. The van der Waals surface area contributed by atoms with Crippen molar-refractivity contribution in [3.8, 4) is 23.0 Å². The Morgan fingerprint density at radius 3 is 2.32 bits per heavy atom. The number of nitrogens with one attached hydrogen (secondary N) is 1. The number of anilines is 1. The van der Waals surface area contributed by atoms with Crippen molar-refractivity contribution in [3.05, 3.63) is 53.6 Å². The highest BCUT2D eigenvalue weighted by molar-refractivity contribution is 8.78. The van der Waals surface area contributed by atoms with Gasteiger partial charge in [-0.3, -0.25) is 9.69 Å². The first-order valence-corrected chi connectivity index (χ1v) is 11.5. The molecule has 0 spiro atoms. The summed E-state index contributed by atoms with van der Waals surface area (Å²) >= 11 is 0. The first-order chi connectivity index (χ1) is 15.0. The molecule has 2 aliphatic rings. The molecule has 0 radical (unpaired) electrons. The highest BCUT2D eigenvalue weighted by atomic mass is 33.1. The molecule has 2 aliphatic heterocycles. The van der Waals surface area contributed by atoms with Gasteiger partial charge in [-0.05, 0) is 36.4 Å². The predicted octanol–water partition coefficient (Wildman–Crippen LogP) is 3.82. The molecule has 0 aromatic heterocycles. The molecule has 2 unspecified atom stereocenters. The number of benzene rings is 2. The van der Waals surface area contributed by atoms with Gasteiger partial charge in [0.15, 0.2) is 0 Å². The standard InChI is InChI=1S/C21H20N2O6S2/c1-26-12-4-6-13(7-5-12)29-21(25)22-18-19-16(11-30-31-19)23(20(18)24)15-9-8-14(27-2)10-17(15)28-3/h4-11,18-19H,1-3H3,(H,22,25). The average Bonchev–Trinajstić information content (AvgIpc) is 3.35. The van der Waals surface area contributed by atoms with E-state index in [2.05, 4.69) is 5.32 Å². The van der Waals surface area contributed by atoms with Gasteiger partial charge in [0.1, 0.15) is 29.0 Å². The number of carbonyl (C=O) groups excluding carboxylic acids is 2. The van der Waals surface area contributed by atoms with E-state index in [0.717, 1.165) is 5.70 Å². The SMILES string of the molecule is COc1ccc(OC(=O)NC2C(=O)N(c3ccc(OC)cc3OC)C3=CSSC32)cc1. The Bertz CT molecular complexity index is 1030. The summed E-state index contributed by atoms with van der Waals surface area (Å²) in [5.74, 6) is 1.85. The van der Waals surface area contributed by atoms with Gasteiger partial charge in [0.25, 0.3) is 5.91 Å².